The number of ether oxygens (including phenoxy) is 1. The highest BCUT2D eigenvalue weighted by molar-refractivity contribution is 9.10. The molecule has 1 aromatic rings. The van der Waals surface area contributed by atoms with Gasteiger partial charge in [-0.3, -0.25) is 9.59 Å². The van der Waals surface area contributed by atoms with Crippen LogP contribution in [0.5, 0.6) is 0 Å². The Labute approximate surface area is 135 Å². The molecule has 1 amide bonds. The van der Waals surface area contributed by atoms with E-state index in [4.69, 9.17) is 16.3 Å². The number of benzene rings is 1. The molecule has 1 saturated heterocycles. The van der Waals surface area contributed by atoms with Crippen LogP contribution in [0.3, 0.4) is 0 Å². The summed E-state index contributed by atoms with van der Waals surface area (Å²) in [6.07, 6.45) is 1.79. The van der Waals surface area contributed by atoms with Crippen LogP contribution < -0.4 is 5.32 Å². The van der Waals surface area contributed by atoms with Gasteiger partial charge in [0.25, 0.3) is 0 Å². The number of carbonyl (C=O) groups is 2. The molecule has 6 heteroatoms. The standard InChI is InChI=1S/C15H13BrClNO3/c16-7-1-2-10(9(17)5-7)18-14(19)12-6-3-8-11(4-6)21-15(20)13(8)12/h1-2,5-6,8,11-13H,3-4H2,(H,18,19)/t6-,8+,11+,12-,13-/m1/s1. The zero-order chi connectivity index (χ0) is 14.7. The second kappa shape index (κ2) is 4.71. The fraction of sp³-hybridized carbons (Fsp3) is 0.467. The second-order valence-corrected chi connectivity index (χ2v) is 7.36. The molecule has 3 aliphatic rings. The molecule has 0 unspecified atom stereocenters. The van der Waals surface area contributed by atoms with Gasteiger partial charge in [-0.15, -0.1) is 0 Å². The SMILES string of the molecule is O=C(Nc1ccc(Br)cc1Cl)[C@@H]1[C@@H]2C[C@@H]3[C@H]1C(=O)O[C@H]3C2. The first-order valence-corrected chi connectivity index (χ1v) is 8.18. The monoisotopic (exact) mass is 369 g/mol. The number of anilines is 1. The van der Waals surface area contributed by atoms with Crippen LogP contribution in [0.1, 0.15) is 12.8 Å². The first-order valence-electron chi connectivity index (χ1n) is 7.01. The van der Waals surface area contributed by atoms with E-state index in [1.807, 2.05) is 6.07 Å². The Morgan fingerprint density at radius 3 is 2.95 bits per heavy atom. The van der Waals surface area contributed by atoms with Crippen LogP contribution in [0.4, 0.5) is 5.69 Å². The van der Waals surface area contributed by atoms with Gasteiger partial charge in [0.2, 0.25) is 5.91 Å². The molecule has 4 rings (SSSR count). The van der Waals surface area contributed by atoms with Gasteiger partial charge in [0.15, 0.2) is 0 Å². The molecule has 2 bridgehead atoms. The molecule has 3 fully saturated rings. The molecule has 0 radical (unpaired) electrons. The quantitative estimate of drug-likeness (QED) is 0.813. The normalized spacial score (nSPS) is 35.9. The van der Waals surface area contributed by atoms with Gasteiger partial charge in [0.05, 0.1) is 22.5 Å². The Morgan fingerprint density at radius 1 is 1.38 bits per heavy atom. The molecule has 0 spiro atoms. The lowest BCUT2D eigenvalue weighted by molar-refractivity contribution is -0.145. The first-order chi connectivity index (χ1) is 10.0. The van der Waals surface area contributed by atoms with Crippen LogP contribution in [-0.2, 0) is 14.3 Å². The van der Waals surface area contributed by atoms with E-state index >= 15 is 0 Å². The van der Waals surface area contributed by atoms with Crippen LogP contribution in [0.2, 0.25) is 5.02 Å². The summed E-state index contributed by atoms with van der Waals surface area (Å²) in [6, 6.07) is 5.31. The predicted octanol–water partition coefficient (Wildman–Crippen LogP) is 3.24. The number of fused-ring (bicyclic) bond motifs is 1. The van der Waals surface area contributed by atoms with E-state index in [2.05, 4.69) is 21.2 Å². The Bertz CT molecular complexity index is 648. The van der Waals surface area contributed by atoms with Crippen LogP contribution in [0, 0.1) is 23.7 Å². The van der Waals surface area contributed by atoms with E-state index in [1.165, 1.54) is 0 Å². The van der Waals surface area contributed by atoms with Crippen molar-refractivity contribution in [3.63, 3.8) is 0 Å². The summed E-state index contributed by atoms with van der Waals surface area (Å²) in [5.74, 6) is -0.366. The van der Waals surface area contributed by atoms with Crippen molar-refractivity contribution in [2.45, 2.75) is 18.9 Å². The van der Waals surface area contributed by atoms with E-state index in [-0.39, 0.29) is 41.7 Å². The summed E-state index contributed by atoms with van der Waals surface area (Å²) >= 11 is 9.46. The maximum absolute atomic E-state index is 12.6. The minimum atomic E-state index is -0.277. The van der Waals surface area contributed by atoms with Crippen molar-refractivity contribution in [3.05, 3.63) is 27.7 Å². The predicted molar refractivity (Wildman–Crippen MR) is 80.9 cm³/mol. The van der Waals surface area contributed by atoms with Crippen LogP contribution >= 0.6 is 27.5 Å². The molecule has 5 atom stereocenters. The van der Waals surface area contributed by atoms with Crippen molar-refractivity contribution in [3.8, 4) is 0 Å². The van der Waals surface area contributed by atoms with Gasteiger partial charge in [-0.05, 0) is 37.0 Å². The van der Waals surface area contributed by atoms with E-state index in [0.29, 0.717) is 10.7 Å². The summed E-state index contributed by atoms with van der Waals surface area (Å²) in [4.78, 5) is 24.5. The number of esters is 1. The van der Waals surface area contributed by atoms with E-state index in [9.17, 15) is 9.59 Å². The van der Waals surface area contributed by atoms with Gasteiger partial charge in [0.1, 0.15) is 6.10 Å². The van der Waals surface area contributed by atoms with Gasteiger partial charge in [-0.1, -0.05) is 27.5 Å². The number of nitrogens with one attached hydrogen (secondary N) is 1. The Balaban J connectivity index is 1.57. The third-order valence-electron chi connectivity index (χ3n) is 4.97. The van der Waals surface area contributed by atoms with Crippen molar-refractivity contribution < 1.29 is 14.3 Å². The Morgan fingerprint density at radius 2 is 2.19 bits per heavy atom. The third kappa shape index (κ3) is 2.01. The lowest BCUT2D eigenvalue weighted by atomic mass is 9.79. The second-order valence-electron chi connectivity index (χ2n) is 6.04. The molecule has 21 heavy (non-hydrogen) atoms. The Hall–Kier alpha value is -1.07. The number of carbonyl (C=O) groups excluding carboxylic acids is 2. The summed E-state index contributed by atoms with van der Waals surface area (Å²) < 4.78 is 6.21. The molecular formula is C15H13BrClNO3. The van der Waals surface area contributed by atoms with E-state index in [1.54, 1.807) is 12.1 Å². The maximum atomic E-state index is 12.6. The summed E-state index contributed by atoms with van der Waals surface area (Å²) in [5, 5.41) is 3.35. The highest BCUT2D eigenvalue weighted by Crippen LogP contribution is 2.57. The zero-order valence-corrected chi connectivity index (χ0v) is 13.4. The summed E-state index contributed by atoms with van der Waals surface area (Å²) in [6.45, 7) is 0. The number of hydrogen-bond donors (Lipinski definition) is 1. The molecule has 1 aromatic carbocycles. The summed E-state index contributed by atoms with van der Waals surface area (Å²) in [7, 11) is 0. The summed E-state index contributed by atoms with van der Waals surface area (Å²) in [5.41, 5.74) is 0.579. The van der Waals surface area contributed by atoms with Gasteiger partial charge in [0, 0.05) is 10.4 Å². The van der Waals surface area contributed by atoms with Crippen LogP contribution in [0.15, 0.2) is 22.7 Å². The van der Waals surface area contributed by atoms with Crippen molar-refractivity contribution in [2.24, 2.45) is 23.7 Å². The molecule has 0 aromatic heterocycles. The van der Waals surface area contributed by atoms with Crippen molar-refractivity contribution >= 4 is 45.1 Å². The Kier molecular flexibility index (Phi) is 3.05. The maximum Gasteiger partial charge on any atom is 0.310 e. The lowest BCUT2D eigenvalue weighted by Gasteiger charge is -2.23. The van der Waals surface area contributed by atoms with Gasteiger partial charge in [-0.2, -0.15) is 0 Å². The van der Waals surface area contributed by atoms with Crippen LogP contribution in [-0.4, -0.2) is 18.0 Å². The van der Waals surface area contributed by atoms with Gasteiger partial charge >= 0.3 is 5.97 Å². The van der Waals surface area contributed by atoms with Crippen molar-refractivity contribution in [1.82, 2.24) is 0 Å². The molecule has 110 valence electrons. The average molecular weight is 371 g/mol. The lowest BCUT2D eigenvalue weighted by Crippen LogP contribution is -2.35. The van der Waals surface area contributed by atoms with E-state index in [0.717, 1.165) is 17.3 Å². The number of halogens is 2. The minimum Gasteiger partial charge on any atom is -0.462 e. The average Bonchev–Trinajstić information content (AvgIpc) is 3.02. The largest absolute Gasteiger partial charge is 0.462 e. The topological polar surface area (TPSA) is 55.4 Å². The van der Waals surface area contributed by atoms with Crippen molar-refractivity contribution in [1.29, 1.82) is 0 Å². The number of hydrogen-bond acceptors (Lipinski definition) is 3. The minimum absolute atomic E-state index is 0.0489. The number of amides is 1. The van der Waals surface area contributed by atoms with Crippen LogP contribution in [0.25, 0.3) is 0 Å². The van der Waals surface area contributed by atoms with Crippen molar-refractivity contribution in [2.75, 3.05) is 5.32 Å². The molecule has 1 N–H and O–H groups in total. The molecule has 1 heterocycles. The molecule has 2 saturated carbocycles. The fourth-order valence-corrected chi connectivity index (χ4v) is 4.89. The highest BCUT2D eigenvalue weighted by atomic mass is 79.9. The van der Waals surface area contributed by atoms with Gasteiger partial charge < -0.3 is 10.1 Å². The van der Waals surface area contributed by atoms with Gasteiger partial charge in [-0.25, -0.2) is 0 Å². The zero-order valence-electron chi connectivity index (χ0n) is 11.0. The number of rotatable bonds is 2. The molecule has 1 aliphatic heterocycles. The smallest absolute Gasteiger partial charge is 0.310 e. The third-order valence-corrected chi connectivity index (χ3v) is 5.78. The molecule has 4 nitrogen and oxygen atoms in total. The fourth-order valence-electron chi connectivity index (χ4n) is 4.17. The van der Waals surface area contributed by atoms with E-state index < -0.39 is 0 Å². The highest BCUT2D eigenvalue weighted by Gasteiger charge is 2.63. The first kappa shape index (κ1) is 13.6. The molecular weight excluding hydrogens is 358 g/mol. The molecule has 2 aliphatic carbocycles.